The third kappa shape index (κ3) is 2.56. The molecular weight excluding hydrogens is 314 g/mol. The molecule has 4 rings (SSSR count). The summed E-state index contributed by atoms with van der Waals surface area (Å²) in [5.74, 6) is -0.0253. The van der Waals surface area contributed by atoms with Gasteiger partial charge in [-0.25, -0.2) is 4.79 Å². The molecule has 0 atom stereocenters. The van der Waals surface area contributed by atoms with Gasteiger partial charge in [0.2, 0.25) is 0 Å². The van der Waals surface area contributed by atoms with Gasteiger partial charge in [0.15, 0.2) is 0 Å². The molecule has 124 valence electrons. The molecule has 0 fully saturated rings. The van der Waals surface area contributed by atoms with E-state index in [1.807, 2.05) is 43.3 Å². The molecule has 0 spiro atoms. The fourth-order valence-corrected chi connectivity index (χ4v) is 3.37. The topological polar surface area (TPSA) is 50.5 Å². The molecule has 1 aliphatic rings. The third-order valence-corrected chi connectivity index (χ3v) is 4.55. The predicted octanol–water partition coefficient (Wildman–Crippen LogP) is 4.03. The first-order valence-corrected chi connectivity index (χ1v) is 8.32. The molecular formula is C21H17NO3. The standard InChI is InChI=1S/C21H17NO3/c1-2-22-18-11-12-19-17(10-13-20(23)25-19)16(18)9-5-7-14-6-3-4-8-15(14)21(22)24/h3-8,10-13H,2,9H2,1H3/b7-5-. The number of amides is 1. The Bertz CT molecular complexity index is 1060. The lowest BCUT2D eigenvalue weighted by Gasteiger charge is -2.24. The highest BCUT2D eigenvalue weighted by molar-refractivity contribution is 6.10. The Hall–Kier alpha value is -3.14. The maximum Gasteiger partial charge on any atom is 0.336 e. The van der Waals surface area contributed by atoms with Crippen LogP contribution in [0.2, 0.25) is 0 Å². The molecule has 25 heavy (non-hydrogen) atoms. The molecule has 2 heterocycles. The van der Waals surface area contributed by atoms with Crippen molar-refractivity contribution in [3.63, 3.8) is 0 Å². The zero-order chi connectivity index (χ0) is 17.4. The molecule has 0 radical (unpaired) electrons. The fraction of sp³-hybridized carbons (Fsp3) is 0.143. The van der Waals surface area contributed by atoms with Crippen LogP contribution in [0, 0.1) is 0 Å². The second-order valence-electron chi connectivity index (χ2n) is 5.97. The maximum atomic E-state index is 13.1. The van der Waals surface area contributed by atoms with Crippen molar-refractivity contribution in [3.05, 3.63) is 81.7 Å². The van der Waals surface area contributed by atoms with Gasteiger partial charge in [-0.2, -0.15) is 0 Å². The monoisotopic (exact) mass is 331 g/mol. The van der Waals surface area contributed by atoms with Crippen molar-refractivity contribution in [3.8, 4) is 0 Å². The summed E-state index contributed by atoms with van der Waals surface area (Å²) in [6.07, 6.45) is 4.68. The fourth-order valence-electron chi connectivity index (χ4n) is 3.37. The predicted molar refractivity (Wildman–Crippen MR) is 99.0 cm³/mol. The molecule has 1 amide bonds. The Labute approximate surface area is 145 Å². The number of nitrogens with zero attached hydrogens (tertiary/aromatic N) is 1. The molecule has 0 bridgehead atoms. The number of fused-ring (bicyclic) bond motifs is 4. The van der Waals surface area contributed by atoms with Crippen LogP contribution in [0.15, 0.2) is 63.8 Å². The van der Waals surface area contributed by atoms with Crippen LogP contribution in [-0.4, -0.2) is 12.5 Å². The van der Waals surface area contributed by atoms with Crippen molar-refractivity contribution in [2.75, 3.05) is 11.4 Å². The van der Waals surface area contributed by atoms with E-state index in [0.717, 1.165) is 22.2 Å². The van der Waals surface area contributed by atoms with Gasteiger partial charge in [0.05, 0.1) is 0 Å². The van der Waals surface area contributed by atoms with Crippen molar-refractivity contribution in [1.82, 2.24) is 0 Å². The maximum absolute atomic E-state index is 13.1. The van der Waals surface area contributed by atoms with E-state index in [0.29, 0.717) is 24.1 Å². The Morgan fingerprint density at radius 3 is 2.72 bits per heavy atom. The normalized spacial score (nSPS) is 15.1. The smallest absolute Gasteiger partial charge is 0.336 e. The summed E-state index contributed by atoms with van der Waals surface area (Å²) in [6, 6.07) is 14.4. The largest absolute Gasteiger partial charge is 0.423 e. The second-order valence-corrected chi connectivity index (χ2v) is 5.97. The Morgan fingerprint density at radius 1 is 1.04 bits per heavy atom. The van der Waals surface area contributed by atoms with E-state index in [1.54, 1.807) is 17.0 Å². The van der Waals surface area contributed by atoms with Crippen LogP contribution in [0.25, 0.3) is 17.0 Å². The van der Waals surface area contributed by atoms with Crippen molar-refractivity contribution >= 4 is 28.6 Å². The van der Waals surface area contributed by atoms with E-state index in [-0.39, 0.29) is 11.5 Å². The summed E-state index contributed by atoms with van der Waals surface area (Å²) in [7, 11) is 0. The van der Waals surface area contributed by atoms with Crippen LogP contribution in [0.1, 0.15) is 28.4 Å². The van der Waals surface area contributed by atoms with Gasteiger partial charge in [-0.1, -0.05) is 30.4 Å². The third-order valence-electron chi connectivity index (χ3n) is 4.55. The summed E-state index contributed by atoms with van der Waals surface area (Å²) in [6.45, 7) is 2.52. The van der Waals surface area contributed by atoms with Crippen LogP contribution in [0.3, 0.4) is 0 Å². The zero-order valence-electron chi connectivity index (χ0n) is 13.9. The van der Waals surface area contributed by atoms with E-state index in [4.69, 9.17) is 4.42 Å². The lowest BCUT2D eigenvalue weighted by atomic mass is 10.0. The first-order valence-electron chi connectivity index (χ1n) is 8.32. The molecule has 0 N–H and O–H groups in total. The number of benzene rings is 2. The minimum Gasteiger partial charge on any atom is -0.423 e. The van der Waals surface area contributed by atoms with Gasteiger partial charge >= 0.3 is 5.63 Å². The molecule has 1 aromatic heterocycles. The van der Waals surface area contributed by atoms with Gasteiger partial charge < -0.3 is 9.32 Å². The Balaban J connectivity index is 2.00. The lowest BCUT2D eigenvalue weighted by molar-refractivity contribution is 0.0988. The van der Waals surface area contributed by atoms with Gasteiger partial charge in [0.1, 0.15) is 5.58 Å². The average molecular weight is 331 g/mol. The minimum atomic E-state index is -0.373. The Kier molecular flexibility index (Phi) is 3.73. The minimum absolute atomic E-state index is 0.0253. The molecule has 2 aromatic carbocycles. The first-order chi connectivity index (χ1) is 12.2. The van der Waals surface area contributed by atoms with E-state index < -0.39 is 0 Å². The van der Waals surface area contributed by atoms with Gasteiger partial charge in [-0.15, -0.1) is 0 Å². The quantitative estimate of drug-likeness (QED) is 0.633. The van der Waals surface area contributed by atoms with E-state index in [1.165, 1.54) is 6.07 Å². The highest BCUT2D eigenvalue weighted by Crippen LogP contribution is 2.32. The van der Waals surface area contributed by atoms with E-state index in [9.17, 15) is 9.59 Å². The van der Waals surface area contributed by atoms with Crippen molar-refractivity contribution < 1.29 is 9.21 Å². The summed E-state index contributed by atoms with van der Waals surface area (Å²) >= 11 is 0. The van der Waals surface area contributed by atoms with Gasteiger partial charge in [-0.3, -0.25) is 4.79 Å². The SMILES string of the molecule is CCN1C(=O)c2ccccc2/C=C\Cc2c1ccc1oc(=O)ccc21. The van der Waals surface area contributed by atoms with E-state index >= 15 is 0 Å². The van der Waals surface area contributed by atoms with Crippen LogP contribution in [0.4, 0.5) is 5.69 Å². The summed E-state index contributed by atoms with van der Waals surface area (Å²) in [5.41, 5.74) is 3.61. The average Bonchev–Trinajstić information content (AvgIpc) is 2.68. The van der Waals surface area contributed by atoms with Gasteiger partial charge in [0, 0.05) is 29.2 Å². The van der Waals surface area contributed by atoms with Crippen LogP contribution in [0.5, 0.6) is 0 Å². The van der Waals surface area contributed by atoms with Gasteiger partial charge in [0.25, 0.3) is 5.91 Å². The molecule has 4 heteroatoms. The molecule has 0 saturated carbocycles. The summed E-state index contributed by atoms with van der Waals surface area (Å²) in [5, 5.41) is 0.860. The summed E-state index contributed by atoms with van der Waals surface area (Å²) < 4.78 is 5.31. The second kappa shape index (κ2) is 6.06. The zero-order valence-corrected chi connectivity index (χ0v) is 13.9. The van der Waals surface area contributed by atoms with Gasteiger partial charge in [-0.05, 0) is 48.7 Å². The molecule has 3 aromatic rings. The number of rotatable bonds is 1. The van der Waals surface area contributed by atoms with Crippen molar-refractivity contribution in [2.45, 2.75) is 13.3 Å². The number of hydrogen-bond donors (Lipinski definition) is 0. The first kappa shape index (κ1) is 15.4. The number of carbonyl (C=O) groups excluding carboxylic acids is 1. The number of allylic oxidation sites excluding steroid dienone is 1. The van der Waals surface area contributed by atoms with Crippen LogP contribution < -0.4 is 10.5 Å². The molecule has 1 aliphatic heterocycles. The molecule has 0 saturated heterocycles. The Morgan fingerprint density at radius 2 is 1.88 bits per heavy atom. The number of anilines is 1. The van der Waals surface area contributed by atoms with E-state index in [2.05, 4.69) is 6.08 Å². The summed E-state index contributed by atoms with van der Waals surface area (Å²) in [4.78, 5) is 26.4. The molecule has 4 nitrogen and oxygen atoms in total. The number of carbonyl (C=O) groups is 1. The highest BCUT2D eigenvalue weighted by Gasteiger charge is 2.23. The molecule has 0 aliphatic carbocycles. The molecule has 0 unspecified atom stereocenters. The highest BCUT2D eigenvalue weighted by atomic mass is 16.4. The van der Waals surface area contributed by atoms with Crippen LogP contribution >= 0.6 is 0 Å². The number of hydrogen-bond acceptors (Lipinski definition) is 3. The lowest BCUT2D eigenvalue weighted by Crippen LogP contribution is -2.31. The van der Waals surface area contributed by atoms with Crippen molar-refractivity contribution in [2.24, 2.45) is 0 Å². The van der Waals surface area contributed by atoms with Crippen LogP contribution in [-0.2, 0) is 6.42 Å². The van der Waals surface area contributed by atoms with Crippen molar-refractivity contribution in [1.29, 1.82) is 0 Å².